The maximum atomic E-state index is 3.78. The van der Waals surface area contributed by atoms with Crippen LogP contribution in [0.4, 0.5) is 0 Å². The van der Waals surface area contributed by atoms with E-state index in [2.05, 4.69) is 19.2 Å². The molecular weight excluding hydrogens is 206 g/mol. The molecule has 1 unspecified atom stereocenters. The smallest absolute Gasteiger partial charge is 0.00696 e. The van der Waals surface area contributed by atoms with Crippen molar-refractivity contribution < 1.29 is 0 Å². The summed E-state index contributed by atoms with van der Waals surface area (Å²) in [7, 11) is 0. The lowest BCUT2D eigenvalue weighted by molar-refractivity contribution is 0.288. The molecule has 0 radical (unpaired) electrons. The maximum absolute atomic E-state index is 3.78. The molecule has 1 atom stereocenters. The van der Waals surface area contributed by atoms with E-state index in [9.17, 15) is 0 Å². The number of nitrogens with one attached hydrogen (secondary N) is 1. The Kier molecular flexibility index (Phi) is 8.78. The third-order valence-corrected chi connectivity index (χ3v) is 4.18. The third kappa shape index (κ3) is 7.08. The Labute approximate surface area is 109 Å². The van der Waals surface area contributed by atoms with E-state index in [-0.39, 0.29) is 0 Å². The number of hydrogen-bond donors (Lipinski definition) is 1. The molecule has 17 heavy (non-hydrogen) atoms. The topological polar surface area (TPSA) is 12.0 Å². The van der Waals surface area contributed by atoms with E-state index in [1.54, 1.807) is 0 Å². The molecule has 0 heterocycles. The molecule has 1 N–H and O–H groups in total. The van der Waals surface area contributed by atoms with Crippen LogP contribution in [-0.4, -0.2) is 12.6 Å². The lowest BCUT2D eigenvalue weighted by Crippen LogP contribution is -2.32. The average Bonchev–Trinajstić information content (AvgIpc) is 2.37. The van der Waals surface area contributed by atoms with Gasteiger partial charge in [-0.3, -0.25) is 0 Å². The molecule has 1 aliphatic rings. The van der Waals surface area contributed by atoms with Gasteiger partial charge in [0.2, 0.25) is 0 Å². The average molecular weight is 239 g/mol. The van der Waals surface area contributed by atoms with Crippen molar-refractivity contribution >= 4 is 0 Å². The summed E-state index contributed by atoms with van der Waals surface area (Å²) in [6.45, 7) is 5.79. The Bertz CT molecular complexity index is 161. The van der Waals surface area contributed by atoms with E-state index in [4.69, 9.17) is 0 Å². The molecule has 0 spiro atoms. The van der Waals surface area contributed by atoms with Crippen LogP contribution in [0.25, 0.3) is 0 Å². The first kappa shape index (κ1) is 15.0. The highest BCUT2D eigenvalue weighted by Crippen LogP contribution is 2.28. The third-order valence-electron chi connectivity index (χ3n) is 4.18. The van der Waals surface area contributed by atoms with Gasteiger partial charge in [0, 0.05) is 6.04 Å². The van der Waals surface area contributed by atoms with Crippen LogP contribution in [-0.2, 0) is 0 Å². The van der Waals surface area contributed by atoms with Crippen LogP contribution in [0.15, 0.2) is 0 Å². The SMILES string of the molecule is CCCCCC(CC1CCCCC1)NCCC. The summed E-state index contributed by atoms with van der Waals surface area (Å²) in [5, 5.41) is 3.78. The second kappa shape index (κ2) is 9.94. The number of hydrogen-bond acceptors (Lipinski definition) is 1. The zero-order chi connectivity index (χ0) is 12.3. The Morgan fingerprint density at radius 2 is 1.76 bits per heavy atom. The molecule has 0 amide bonds. The largest absolute Gasteiger partial charge is 0.314 e. The van der Waals surface area contributed by atoms with Gasteiger partial charge in [-0.2, -0.15) is 0 Å². The summed E-state index contributed by atoms with van der Waals surface area (Å²) in [6.07, 6.45) is 15.8. The van der Waals surface area contributed by atoms with Crippen LogP contribution in [0.5, 0.6) is 0 Å². The first-order chi connectivity index (χ1) is 8.36. The Balaban J connectivity index is 2.22. The maximum Gasteiger partial charge on any atom is 0.00696 e. The second-order valence-electron chi connectivity index (χ2n) is 5.89. The Hall–Kier alpha value is -0.0400. The number of rotatable bonds is 9. The molecule has 1 saturated carbocycles. The van der Waals surface area contributed by atoms with Gasteiger partial charge in [0.1, 0.15) is 0 Å². The fraction of sp³-hybridized carbons (Fsp3) is 1.00. The molecule has 1 nitrogen and oxygen atoms in total. The first-order valence-corrected chi connectivity index (χ1v) is 8.10. The van der Waals surface area contributed by atoms with Crippen molar-refractivity contribution in [2.75, 3.05) is 6.54 Å². The molecule has 1 rings (SSSR count). The summed E-state index contributed by atoms with van der Waals surface area (Å²) in [5.41, 5.74) is 0. The normalized spacial score (nSPS) is 19.4. The molecule has 1 heteroatoms. The number of unbranched alkanes of at least 4 members (excludes halogenated alkanes) is 2. The zero-order valence-electron chi connectivity index (χ0n) is 12.1. The molecule has 0 bridgehead atoms. The van der Waals surface area contributed by atoms with E-state index in [0.717, 1.165) is 12.0 Å². The van der Waals surface area contributed by atoms with Crippen molar-refractivity contribution in [3.8, 4) is 0 Å². The van der Waals surface area contributed by atoms with Gasteiger partial charge in [-0.15, -0.1) is 0 Å². The highest BCUT2D eigenvalue weighted by atomic mass is 14.9. The monoisotopic (exact) mass is 239 g/mol. The summed E-state index contributed by atoms with van der Waals surface area (Å²) in [5.74, 6) is 1.03. The fourth-order valence-corrected chi connectivity index (χ4v) is 3.12. The highest BCUT2D eigenvalue weighted by Gasteiger charge is 2.18. The van der Waals surface area contributed by atoms with E-state index in [0.29, 0.717) is 0 Å². The van der Waals surface area contributed by atoms with Crippen LogP contribution in [0.1, 0.15) is 84.5 Å². The standard InChI is InChI=1S/C16H33N/c1-3-5-7-12-16(17-13-4-2)14-15-10-8-6-9-11-15/h15-17H,3-14H2,1-2H3. The van der Waals surface area contributed by atoms with Crippen LogP contribution in [0, 0.1) is 5.92 Å². The molecule has 1 fully saturated rings. The minimum absolute atomic E-state index is 0.810. The molecule has 0 aromatic heterocycles. The van der Waals surface area contributed by atoms with Gasteiger partial charge < -0.3 is 5.32 Å². The van der Waals surface area contributed by atoms with E-state index < -0.39 is 0 Å². The van der Waals surface area contributed by atoms with Crippen molar-refractivity contribution in [2.24, 2.45) is 5.92 Å². The minimum atomic E-state index is 0.810. The Morgan fingerprint density at radius 1 is 1.00 bits per heavy atom. The molecule has 0 aliphatic heterocycles. The summed E-state index contributed by atoms with van der Waals surface area (Å²) < 4.78 is 0. The summed E-state index contributed by atoms with van der Waals surface area (Å²) in [6, 6.07) is 0.810. The second-order valence-corrected chi connectivity index (χ2v) is 5.89. The quantitative estimate of drug-likeness (QED) is 0.564. The van der Waals surface area contributed by atoms with E-state index in [1.165, 1.54) is 77.2 Å². The van der Waals surface area contributed by atoms with Gasteiger partial charge in [0.05, 0.1) is 0 Å². The lowest BCUT2D eigenvalue weighted by Gasteiger charge is -2.27. The molecular formula is C16H33N. The lowest BCUT2D eigenvalue weighted by atomic mass is 9.84. The predicted octanol–water partition coefficient (Wildman–Crippen LogP) is 4.91. The van der Waals surface area contributed by atoms with Gasteiger partial charge in [-0.05, 0) is 31.7 Å². The molecule has 0 aromatic carbocycles. The van der Waals surface area contributed by atoms with Crippen molar-refractivity contribution in [3.05, 3.63) is 0 Å². The van der Waals surface area contributed by atoms with Crippen LogP contribution >= 0.6 is 0 Å². The molecule has 102 valence electrons. The summed E-state index contributed by atoms with van der Waals surface area (Å²) in [4.78, 5) is 0. The van der Waals surface area contributed by atoms with Crippen LogP contribution < -0.4 is 5.32 Å². The molecule has 0 saturated heterocycles. The van der Waals surface area contributed by atoms with Gasteiger partial charge in [0.25, 0.3) is 0 Å². The van der Waals surface area contributed by atoms with Gasteiger partial charge >= 0.3 is 0 Å². The Morgan fingerprint density at radius 3 is 2.41 bits per heavy atom. The van der Waals surface area contributed by atoms with E-state index in [1.807, 2.05) is 0 Å². The highest BCUT2D eigenvalue weighted by molar-refractivity contribution is 4.74. The van der Waals surface area contributed by atoms with E-state index >= 15 is 0 Å². The fourth-order valence-electron chi connectivity index (χ4n) is 3.12. The predicted molar refractivity (Wildman–Crippen MR) is 77.4 cm³/mol. The van der Waals surface area contributed by atoms with Gasteiger partial charge in [0.15, 0.2) is 0 Å². The van der Waals surface area contributed by atoms with Crippen molar-refractivity contribution in [1.82, 2.24) is 5.32 Å². The minimum Gasteiger partial charge on any atom is -0.314 e. The van der Waals surface area contributed by atoms with Gasteiger partial charge in [-0.1, -0.05) is 65.2 Å². The zero-order valence-corrected chi connectivity index (χ0v) is 12.1. The van der Waals surface area contributed by atoms with Crippen molar-refractivity contribution in [1.29, 1.82) is 0 Å². The molecule has 1 aliphatic carbocycles. The van der Waals surface area contributed by atoms with Crippen LogP contribution in [0.2, 0.25) is 0 Å². The molecule has 0 aromatic rings. The summed E-state index contributed by atoms with van der Waals surface area (Å²) >= 11 is 0. The van der Waals surface area contributed by atoms with Crippen LogP contribution in [0.3, 0.4) is 0 Å². The van der Waals surface area contributed by atoms with Crippen molar-refractivity contribution in [3.63, 3.8) is 0 Å². The van der Waals surface area contributed by atoms with Crippen molar-refractivity contribution in [2.45, 2.75) is 90.5 Å². The first-order valence-electron chi connectivity index (χ1n) is 8.10. The van der Waals surface area contributed by atoms with Gasteiger partial charge in [-0.25, -0.2) is 0 Å².